The van der Waals surface area contributed by atoms with E-state index >= 15 is 0 Å². The van der Waals surface area contributed by atoms with Crippen molar-refractivity contribution >= 4 is 17.3 Å². The van der Waals surface area contributed by atoms with Crippen LogP contribution < -0.4 is 10.3 Å². The number of nitrogens with one attached hydrogen (secondary N) is 1. The minimum atomic E-state index is -0.131. The standard InChI is InChI=1S/C18H23N3O/c1-3-21(4-2)15-10-8-13(9-11-15)18(22)20-19-17-12-14-6-5-7-16(14)17/h5-6,8-11,14,16H,3-4,7,12H2,1-2H3,(H,20,22)/b19-17-/t14-,16-/m0/s1. The zero-order valence-corrected chi connectivity index (χ0v) is 13.2. The molecule has 0 aliphatic heterocycles. The molecule has 0 bridgehead atoms. The van der Waals surface area contributed by atoms with Gasteiger partial charge in [0.05, 0.1) is 0 Å². The molecule has 0 radical (unpaired) electrons. The lowest BCUT2D eigenvalue weighted by atomic mass is 9.74. The molecule has 2 aliphatic rings. The first-order valence-electron chi connectivity index (χ1n) is 8.11. The minimum Gasteiger partial charge on any atom is -0.372 e. The van der Waals surface area contributed by atoms with Gasteiger partial charge < -0.3 is 4.90 Å². The fourth-order valence-corrected chi connectivity index (χ4v) is 3.26. The summed E-state index contributed by atoms with van der Waals surface area (Å²) in [5.41, 5.74) is 5.62. The molecule has 22 heavy (non-hydrogen) atoms. The van der Waals surface area contributed by atoms with Crippen LogP contribution >= 0.6 is 0 Å². The number of hydrazone groups is 1. The Bertz CT molecular complexity index is 599. The van der Waals surface area contributed by atoms with Crippen LogP contribution in [0.1, 0.15) is 37.0 Å². The zero-order valence-electron chi connectivity index (χ0n) is 13.2. The lowest BCUT2D eigenvalue weighted by Crippen LogP contribution is -2.35. The molecule has 0 unspecified atom stereocenters. The summed E-state index contributed by atoms with van der Waals surface area (Å²) < 4.78 is 0. The summed E-state index contributed by atoms with van der Waals surface area (Å²) >= 11 is 0. The topological polar surface area (TPSA) is 44.7 Å². The van der Waals surface area contributed by atoms with Crippen LogP contribution in [0, 0.1) is 11.8 Å². The van der Waals surface area contributed by atoms with Crippen LogP contribution in [0.25, 0.3) is 0 Å². The third-order valence-corrected chi connectivity index (χ3v) is 4.72. The lowest BCUT2D eigenvalue weighted by Gasteiger charge is -2.31. The van der Waals surface area contributed by atoms with Crippen molar-refractivity contribution in [1.29, 1.82) is 0 Å². The minimum absolute atomic E-state index is 0.131. The van der Waals surface area contributed by atoms with Crippen molar-refractivity contribution in [1.82, 2.24) is 5.43 Å². The highest BCUT2D eigenvalue weighted by atomic mass is 16.2. The van der Waals surface area contributed by atoms with E-state index in [-0.39, 0.29) is 5.91 Å². The number of hydrogen-bond acceptors (Lipinski definition) is 3. The molecule has 3 rings (SSSR count). The molecule has 2 aliphatic carbocycles. The molecule has 1 aromatic rings. The molecule has 116 valence electrons. The second kappa shape index (κ2) is 6.34. The quantitative estimate of drug-likeness (QED) is 0.670. The van der Waals surface area contributed by atoms with E-state index in [4.69, 9.17) is 0 Å². The van der Waals surface area contributed by atoms with Crippen molar-refractivity contribution in [3.63, 3.8) is 0 Å². The molecule has 1 amide bonds. The number of rotatable bonds is 5. The molecule has 1 saturated carbocycles. The highest BCUT2D eigenvalue weighted by Crippen LogP contribution is 2.40. The number of allylic oxidation sites excluding steroid dienone is 2. The number of hydrogen-bond donors (Lipinski definition) is 1. The van der Waals surface area contributed by atoms with E-state index in [1.54, 1.807) is 0 Å². The monoisotopic (exact) mass is 297 g/mol. The summed E-state index contributed by atoms with van der Waals surface area (Å²) in [5, 5.41) is 4.31. The number of carbonyl (C=O) groups excluding carboxylic acids is 1. The molecule has 0 saturated heterocycles. The molecule has 0 aromatic heterocycles. The average molecular weight is 297 g/mol. The van der Waals surface area contributed by atoms with Gasteiger partial charge in [-0.25, -0.2) is 5.43 Å². The number of nitrogens with zero attached hydrogens (tertiary/aromatic N) is 2. The van der Waals surface area contributed by atoms with Crippen LogP contribution in [0.4, 0.5) is 5.69 Å². The van der Waals surface area contributed by atoms with Crippen LogP contribution in [-0.2, 0) is 0 Å². The molecule has 1 N–H and O–H groups in total. The van der Waals surface area contributed by atoms with Gasteiger partial charge in [-0.3, -0.25) is 4.79 Å². The summed E-state index contributed by atoms with van der Waals surface area (Å²) in [6.45, 7) is 6.19. The van der Waals surface area contributed by atoms with Crippen molar-refractivity contribution in [2.24, 2.45) is 16.9 Å². The third kappa shape index (κ3) is 2.78. The first-order chi connectivity index (χ1) is 10.7. The molecular formula is C18H23N3O. The Balaban J connectivity index is 1.59. The van der Waals surface area contributed by atoms with Gasteiger partial charge in [-0.15, -0.1) is 0 Å². The van der Waals surface area contributed by atoms with Crippen molar-refractivity contribution in [3.8, 4) is 0 Å². The van der Waals surface area contributed by atoms with Crippen LogP contribution in [0.15, 0.2) is 41.5 Å². The Hall–Kier alpha value is -2.10. The fraction of sp³-hybridized carbons (Fsp3) is 0.444. The highest BCUT2D eigenvalue weighted by Gasteiger charge is 2.37. The number of anilines is 1. The van der Waals surface area contributed by atoms with E-state index in [0.29, 0.717) is 17.4 Å². The van der Waals surface area contributed by atoms with Crippen LogP contribution in [0.2, 0.25) is 0 Å². The van der Waals surface area contributed by atoms with Crippen LogP contribution in [-0.4, -0.2) is 24.7 Å². The molecule has 0 heterocycles. The zero-order chi connectivity index (χ0) is 15.5. The van der Waals surface area contributed by atoms with Gasteiger partial charge in [0.15, 0.2) is 0 Å². The van der Waals surface area contributed by atoms with Crippen LogP contribution in [0.3, 0.4) is 0 Å². The van der Waals surface area contributed by atoms with Gasteiger partial charge in [-0.05, 0) is 56.9 Å². The molecule has 1 fully saturated rings. The predicted molar refractivity (Wildman–Crippen MR) is 90.3 cm³/mol. The summed E-state index contributed by atoms with van der Waals surface area (Å²) in [6.07, 6.45) is 6.53. The van der Waals surface area contributed by atoms with Crippen molar-refractivity contribution in [2.45, 2.75) is 26.7 Å². The predicted octanol–water partition coefficient (Wildman–Crippen LogP) is 3.21. The first-order valence-corrected chi connectivity index (χ1v) is 8.11. The Morgan fingerprint density at radius 2 is 2.00 bits per heavy atom. The third-order valence-electron chi connectivity index (χ3n) is 4.72. The second-order valence-corrected chi connectivity index (χ2v) is 5.90. The van der Waals surface area contributed by atoms with E-state index in [0.717, 1.165) is 37.3 Å². The Morgan fingerprint density at radius 3 is 2.64 bits per heavy atom. The molecular weight excluding hydrogens is 274 g/mol. The number of carbonyl (C=O) groups is 1. The SMILES string of the molecule is CCN(CC)c1ccc(C(=O)N/N=C2/C[C@@H]3C=CC[C@H]23)cc1. The van der Waals surface area contributed by atoms with Gasteiger partial charge in [-0.2, -0.15) is 5.10 Å². The maximum Gasteiger partial charge on any atom is 0.271 e. The number of benzene rings is 1. The summed E-state index contributed by atoms with van der Waals surface area (Å²) in [4.78, 5) is 14.4. The van der Waals surface area contributed by atoms with Crippen LogP contribution in [0.5, 0.6) is 0 Å². The van der Waals surface area contributed by atoms with Crippen molar-refractivity contribution in [3.05, 3.63) is 42.0 Å². The number of amides is 1. The van der Waals surface area contributed by atoms with Crippen molar-refractivity contribution in [2.75, 3.05) is 18.0 Å². The second-order valence-electron chi connectivity index (χ2n) is 5.90. The van der Waals surface area contributed by atoms with Gasteiger partial charge in [0.1, 0.15) is 0 Å². The molecule has 0 spiro atoms. The summed E-state index contributed by atoms with van der Waals surface area (Å²) in [6, 6.07) is 7.72. The first kappa shape index (κ1) is 14.8. The Kier molecular flexibility index (Phi) is 4.27. The maximum atomic E-state index is 12.2. The van der Waals surface area contributed by atoms with Gasteiger partial charge >= 0.3 is 0 Å². The Labute approximate surface area is 131 Å². The van der Waals surface area contributed by atoms with Gasteiger partial charge in [0.2, 0.25) is 0 Å². The smallest absolute Gasteiger partial charge is 0.271 e. The molecule has 4 heteroatoms. The van der Waals surface area contributed by atoms with E-state index in [1.165, 1.54) is 0 Å². The van der Waals surface area contributed by atoms with E-state index in [1.807, 2.05) is 24.3 Å². The van der Waals surface area contributed by atoms with E-state index in [2.05, 4.69) is 41.4 Å². The van der Waals surface area contributed by atoms with Crippen molar-refractivity contribution < 1.29 is 4.79 Å². The summed E-state index contributed by atoms with van der Waals surface area (Å²) in [7, 11) is 0. The van der Waals surface area contributed by atoms with E-state index in [9.17, 15) is 4.79 Å². The Morgan fingerprint density at radius 1 is 1.27 bits per heavy atom. The van der Waals surface area contributed by atoms with Gasteiger partial charge in [0.25, 0.3) is 5.91 Å². The van der Waals surface area contributed by atoms with Gasteiger partial charge in [0, 0.05) is 36.0 Å². The maximum absolute atomic E-state index is 12.2. The van der Waals surface area contributed by atoms with E-state index < -0.39 is 0 Å². The average Bonchev–Trinajstić information content (AvgIpc) is 2.90. The fourth-order valence-electron chi connectivity index (χ4n) is 3.26. The lowest BCUT2D eigenvalue weighted by molar-refractivity contribution is 0.0954. The molecule has 2 atom stereocenters. The number of fused-ring (bicyclic) bond motifs is 1. The summed E-state index contributed by atoms with van der Waals surface area (Å²) in [5.74, 6) is 1.06. The van der Waals surface area contributed by atoms with Gasteiger partial charge in [-0.1, -0.05) is 12.2 Å². The molecule has 4 nitrogen and oxygen atoms in total. The largest absolute Gasteiger partial charge is 0.372 e. The normalized spacial score (nSPS) is 24.0. The molecule has 1 aromatic carbocycles. The highest BCUT2D eigenvalue weighted by molar-refractivity contribution is 5.98.